The lowest BCUT2D eigenvalue weighted by Gasteiger charge is -2.11. The topological polar surface area (TPSA) is 93.1 Å². The van der Waals surface area contributed by atoms with Crippen molar-refractivity contribution >= 4 is 15.9 Å². The first-order valence-corrected chi connectivity index (χ1v) is 11.2. The molecule has 0 saturated heterocycles. The predicted molar refractivity (Wildman–Crippen MR) is 115 cm³/mol. The molecule has 0 fully saturated rings. The van der Waals surface area contributed by atoms with E-state index in [2.05, 4.69) is 15.0 Å². The van der Waals surface area contributed by atoms with Crippen LogP contribution in [0.15, 0.2) is 66.1 Å². The zero-order valence-electron chi connectivity index (χ0n) is 17.1. The van der Waals surface area contributed by atoms with Gasteiger partial charge < -0.3 is 9.88 Å². The molecule has 0 aliphatic rings. The SMILES string of the molecule is Cc1ccc(S(=O)(=O)NCCC(=O)NCc2cccc(Cn3ccnc3)c2)c(C)c1. The summed E-state index contributed by atoms with van der Waals surface area (Å²) in [6.07, 6.45) is 5.46. The van der Waals surface area contributed by atoms with Crippen molar-refractivity contribution in [3.8, 4) is 0 Å². The van der Waals surface area contributed by atoms with Crippen LogP contribution in [-0.4, -0.2) is 30.4 Å². The van der Waals surface area contributed by atoms with E-state index in [9.17, 15) is 13.2 Å². The molecular formula is C22H26N4O3S. The quantitative estimate of drug-likeness (QED) is 0.550. The normalized spacial score (nSPS) is 11.4. The molecule has 1 heterocycles. The zero-order chi connectivity index (χ0) is 21.6. The molecule has 158 valence electrons. The van der Waals surface area contributed by atoms with Gasteiger partial charge in [-0.1, -0.05) is 42.0 Å². The number of carbonyl (C=O) groups excluding carboxylic acids is 1. The fraction of sp³-hybridized carbons (Fsp3) is 0.273. The second-order valence-corrected chi connectivity index (χ2v) is 8.98. The maximum absolute atomic E-state index is 12.4. The highest BCUT2D eigenvalue weighted by Gasteiger charge is 2.16. The van der Waals surface area contributed by atoms with Crippen LogP contribution in [0.4, 0.5) is 0 Å². The maximum Gasteiger partial charge on any atom is 0.240 e. The number of carbonyl (C=O) groups is 1. The number of hydrogen-bond donors (Lipinski definition) is 2. The second-order valence-electron chi connectivity index (χ2n) is 7.25. The number of nitrogens with zero attached hydrogens (tertiary/aromatic N) is 2. The van der Waals surface area contributed by atoms with Crippen molar-refractivity contribution in [2.24, 2.45) is 0 Å². The number of sulfonamides is 1. The van der Waals surface area contributed by atoms with Crippen molar-refractivity contribution in [3.63, 3.8) is 0 Å². The highest BCUT2D eigenvalue weighted by Crippen LogP contribution is 2.16. The number of nitrogens with one attached hydrogen (secondary N) is 2. The molecular weight excluding hydrogens is 400 g/mol. The van der Waals surface area contributed by atoms with Gasteiger partial charge in [0.2, 0.25) is 15.9 Å². The minimum Gasteiger partial charge on any atom is -0.352 e. The summed E-state index contributed by atoms with van der Waals surface area (Å²) >= 11 is 0. The lowest BCUT2D eigenvalue weighted by Crippen LogP contribution is -2.31. The fourth-order valence-electron chi connectivity index (χ4n) is 3.20. The van der Waals surface area contributed by atoms with Crippen LogP contribution in [0.2, 0.25) is 0 Å². The minimum atomic E-state index is -3.64. The molecule has 0 aliphatic carbocycles. The summed E-state index contributed by atoms with van der Waals surface area (Å²) in [5.74, 6) is -0.210. The molecule has 1 aromatic heterocycles. The van der Waals surface area contributed by atoms with Crippen molar-refractivity contribution < 1.29 is 13.2 Å². The van der Waals surface area contributed by atoms with E-state index < -0.39 is 10.0 Å². The fourth-order valence-corrected chi connectivity index (χ4v) is 4.45. The molecule has 7 nitrogen and oxygen atoms in total. The summed E-state index contributed by atoms with van der Waals surface area (Å²) in [6, 6.07) is 13.1. The zero-order valence-corrected chi connectivity index (χ0v) is 17.9. The van der Waals surface area contributed by atoms with Gasteiger partial charge in [0.1, 0.15) is 0 Å². The second kappa shape index (κ2) is 9.69. The van der Waals surface area contributed by atoms with Crippen LogP contribution in [0.5, 0.6) is 0 Å². The molecule has 1 amide bonds. The average molecular weight is 427 g/mol. The van der Waals surface area contributed by atoms with Crippen LogP contribution in [0, 0.1) is 13.8 Å². The van der Waals surface area contributed by atoms with E-state index in [1.165, 1.54) is 0 Å². The van der Waals surface area contributed by atoms with Gasteiger partial charge in [0, 0.05) is 38.4 Å². The first kappa shape index (κ1) is 21.7. The van der Waals surface area contributed by atoms with Gasteiger partial charge in [-0.05, 0) is 36.6 Å². The first-order valence-electron chi connectivity index (χ1n) is 9.71. The van der Waals surface area contributed by atoms with Gasteiger partial charge in [-0.25, -0.2) is 18.1 Å². The van der Waals surface area contributed by atoms with E-state index in [1.54, 1.807) is 31.6 Å². The van der Waals surface area contributed by atoms with Gasteiger partial charge in [-0.15, -0.1) is 0 Å². The van der Waals surface area contributed by atoms with Gasteiger partial charge >= 0.3 is 0 Å². The van der Waals surface area contributed by atoms with Gasteiger partial charge in [0.05, 0.1) is 11.2 Å². The largest absolute Gasteiger partial charge is 0.352 e. The first-order chi connectivity index (χ1) is 14.3. The van der Waals surface area contributed by atoms with Crippen LogP contribution >= 0.6 is 0 Å². The Morgan fingerprint density at radius 1 is 1.10 bits per heavy atom. The Morgan fingerprint density at radius 3 is 2.63 bits per heavy atom. The highest BCUT2D eigenvalue weighted by atomic mass is 32.2. The Bertz CT molecular complexity index is 1110. The van der Waals surface area contributed by atoms with Gasteiger partial charge in [0.15, 0.2) is 0 Å². The lowest BCUT2D eigenvalue weighted by molar-refractivity contribution is -0.121. The van der Waals surface area contributed by atoms with Crippen molar-refractivity contribution in [2.45, 2.75) is 38.3 Å². The number of benzene rings is 2. The molecule has 0 atom stereocenters. The van der Waals surface area contributed by atoms with Crippen molar-refractivity contribution in [1.82, 2.24) is 19.6 Å². The number of aryl methyl sites for hydroxylation is 2. The third kappa shape index (κ3) is 6.01. The molecule has 0 aliphatic heterocycles. The highest BCUT2D eigenvalue weighted by molar-refractivity contribution is 7.89. The van der Waals surface area contributed by atoms with E-state index in [0.29, 0.717) is 18.7 Å². The molecule has 30 heavy (non-hydrogen) atoms. The number of hydrogen-bond acceptors (Lipinski definition) is 4. The molecule has 0 radical (unpaired) electrons. The number of imidazole rings is 1. The van der Waals surface area contributed by atoms with Crippen molar-refractivity contribution in [2.75, 3.05) is 6.54 Å². The van der Waals surface area contributed by atoms with Crippen LogP contribution in [0.25, 0.3) is 0 Å². The summed E-state index contributed by atoms with van der Waals surface area (Å²) in [7, 11) is -3.64. The van der Waals surface area contributed by atoms with E-state index in [1.807, 2.05) is 48.0 Å². The third-order valence-electron chi connectivity index (χ3n) is 4.67. The summed E-state index contributed by atoms with van der Waals surface area (Å²) < 4.78 is 29.4. The summed E-state index contributed by atoms with van der Waals surface area (Å²) in [5, 5.41) is 2.84. The molecule has 2 aromatic carbocycles. The lowest BCUT2D eigenvalue weighted by atomic mass is 10.1. The summed E-state index contributed by atoms with van der Waals surface area (Å²) in [6.45, 7) is 4.81. The van der Waals surface area contributed by atoms with Gasteiger partial charge in [-0.2, -0.15) is 0 Å². The third-order valence-corrected chi connectivity index (χ3v) is 6.29. The van der Waals surface area contributed by atoms with Crippen molar-refractivity contribution in [1.29, 1.82) is 0 Å². The molecule has 0 saturated carbocycles. The van der Waals surface area contributed by atoms with E-state index in [-0.39, 0.29) is 23.8 Å². The molecule has 0 unspecified atom stereocenters. The number of aromatic nitrogens is 2. The Labute approximate surface area is 177 Å². The van der Waals surface area contributed by atoms with E-state index in [4.69, 9.17) is 0 Å². The number of amides is 1. The molecule has 3 aromatic rings. The van der Waals surface area contributed by atoms with E-state index >= 15 is 0 Å². The van der Waals surface area contributed by atoms with Crippen LogP contribution in [-0.2, 0) is 27.9 Å². The van der Waals surface area contributed by atoms with Gasteiger partial charge in [-0.3, -0.25) is 4.79 Å². The molecule has 0 bridgehead atoms. The Kier molecular flexibility index (Phi) is 7.02. The Balaban J connectivity index is 1.47. The summed E-state index contributed by atoms with van der Waals surface area (Å²) in [5.41, 5.74) is 3.78. The van der Waals surface area contributed by atoms with Crippen LogP contribution in [0.3, 0.4) is 0 Å². The Morgan fingerprint density at radius 2 is 1.90 bits per heavy atom. The molecule has 0 spiro atoms. The minimum absolute atomic E-state index is 0.0438. The predicted octanol–water partition coefficient (Wildman–Crippen LogP) is 2.53. The smallest absolute Gasteiger partial charge is 0.240 e. The van der Waals surface area contributed by atoms with Crippen molar-refractivity contribution in [3.05, 3.63) is 83.4 Å². The molecule has 8 heteroatoms. The molecule has 2 N–H and O–H groups in total. The maximum atomic E-state index is 12.4. The standard InChI is InChI=1S/C22H26N4O3S/c1-17-6-7-21(18(2)12-17)30(28,29)25-9-8-22(27)24-14-19-4-3-5-20(13-19)15-26-11-10-23-16-26/h3-7,10-13,16,25H,8-9,14-15H2,1-2H3,(H,24,27). The monoisotopic (exact) mass is 426 g/mol. The molecule has 3 rings (SSSR count). The Hall–Kier alpha value is -2.97. The van der Waals surface area contributed by atoms with E-state index in [0.717, 1.165) is 16.7 Å². The number of rotatable bonds is 9. The van der Waals surface area contributed by atoms with Crippen LogP contribution in [0.1, 0.15) is 28.7 Å². The average Bonchev–Trinajstić information content (AvgIpc) is 3.19. The summed E-state index contributed by atoms with van der Waals surface area (Å²) in [4.78, 5) is 16.4. The van der Waals surface area contributed by atoms with Gasteiger partial charge in [0.25, 0.3) is 0 Å². The van der Waals surface area contributed by atoms with Crippen LogP contribution < -0.4 is 10.0 Å².